The lowest BCUT2D eigenvalue weighted by atomic mass is 10.0. The molecule has 0 aliphatic heterocycles. The number of halogens is 1. The third-order valence-electron chi connectivity index (χ3n) is 3.49. The fourth-order valence-electron chi connectivity index (χ4n) is 2.21. The van der Waals surface area contributed by atoms with Crippen LogP contribution in [0.25, 0.3) is 0 Å². The van der Waals surface area contributed by atoms with Crippen molar-refractivity contribution in [3.63, 3.8) is 0 Å². The molecule has 0 aliphatic carbocycles. The van der Waals surface area contributed by atoms with Gasteiger partial charge >= 0.3 is 12.0 Å². The number of rotatable bonds is 7. The van der Waals surface area contributed by atoms with Crippen LogP contribution in [0.15, 0.2) is 54.6 Å². The van der Waals surface area contributed by atoms with E-state index in [0.29, 0.717) is 5.02 Å². The molecule has 0 spiro atoms. The summed E-state index contributed by atoms with van der Waals surface area (Å²) < 4.78 is 4.92. The third-order valence-corrected chi connectivity index (χ3v) is 5.02. The lowest BCUT2D eigenvalue weighted by molar-refractivity contribution is -0.145. The number of thioether (sulfide) groups is 1. The number of urea groups is 1. The first-order valence-corrected chi connectivity index (χ1v) is 9.51. The molecule has 1 atom stereocenters. The van der Waals surface area contributed by atoms with E-state index in [1.165, 1.54) is 18.8 Å². The Bertz CT molecular complexity index is 784. The molecule has 6 nitrogen and oxygen atoms in total. The third kappa shape index (κ3) is 6.96. The minimum atomic E-state index is -0.690. The standard InChI is InChI=1S/C19H19ClN2O4S/c1-21-19(25)22-16(23)11-26-17(24)12-27-18(13-5-3-2-4-6-13)14-7-9-15(20)10-8-14/h2-10,18H,11-12H2,1H3,(H2,21,22,23,25)/t18-/m0/s1. The van der Waals surface area contributed by atoms with Gasteiger partial charge in [-0.1, -0.05) is 54.1 Å². The predicted molar refractivity (Wildman–Crippen MR) is 106 cm³/mol. The van der Waals surface area contributed by atoms with Gasteiger partial charge in [0.15, 0.2) is 6.61 Å². The maximum Gasteiger partial charge on any atom is 0.321 e. The molecule has 2 aromatic carbocycles. The quantitative estimate of drug-likeness (QED) is 0.690. The van der Waals surface area contributed by atoms with Crippen LogP contribution in [-0.2, 0) is 14.3 Å². The molecule has 2 aromatic rings. The van der Waals surface area contributed by atoms with Gasteiger partial charge in [-0.25, -0.2) is 4.79 Å². The summed E-state index contributed by atoms with van der Waals surface area (Å²) in [6, 6.07) is 16.5. The molecule has 0 aliphatic rings. The van der Waals surface area contributed by atoms with E-state index in [2.05, 4.69) is 5.32 Å². The molecule has 3 amide bonds. The molecule has 8 heteroatoms. The zero-order chi connectivity index (χ0) is 19.6. The number of hydrogen-bond donors (Lipinski definition) is 2. The van der Waals surface area contributed by atoms with E-state index >= 15 is 0 Å². The fraction of sp³-hybridized carbons (Fsp3) is 0.211. The molecule has 2 rings (SSSR count). The van der Waals surface area contributed by atoms with Gasteiger partial charge in [-0.3, -0.25) is 14.9 Å². The molecule has 0 unspecified atom stereocenters. The van der Waals surface area contributed by atoms with E-state index < -0.39 is 24.5 Å². The highest BCUT2D eigenvalue weighted by Gasteiger charge is 2.18. The van der Waals surface area contributed by atoms with Crippen molar-refractivity contribution in [2.45, 2.75) is 5.25 Å². The number of carbonyl (C=O) groups excluding carboxylic acids is 3. The molecule has 142 valence electrons. The van der Waals surface area contributed by atoms with Gasteiger partial charge in [0.1, 0.15) is 0 Å². The normalized spacial score (nSPS) is 11.3. The van der Waals surface area contributed by atoms with Gasteiger partial charge in [0.2, 0.25) is 0 Å². The summed E-state index contributed by atoms with van der Waals surface area (Å²) in [6.45, 7) is -0.510. The Kier molecular flexibility index (Phi) is 8.16. The van der Waals surface area contributed by atoms with Crippen LogP contribution >= 0.6 is 23.4 Å². The molecule has 2 N–H and O–H groups in total. The molecular weight excluding hydrogens is 388 g/mol. The van der Waals surface area contributed by atoms with Crippen molar-refractivity contribution in [2.75, 3.05) is 19.4 Å². The van der Waals surface area contributed by atoms with Crippen LogP contribution in [0.2, 0.25) is 5.02 Å². The summed E-state index contributed by atoms with van der Waals surface area (Å²) in [4.78, 5) is 34.5. The largest absolute Gasteiger partial charge is 0.455 e. The minimum absolute atomic E-state index is 0.0510. The molecular formula is C19H19ClN2O4S. The molecule has 0 saturated heterocycles. The number of nitrogens with one attached hydrogen (secondary N) is 2. The molecule has 0 saturated carbocycles. The molecule has 0 radical (unpaired) electrons. The van der Waals surface area contributed by atoms with E-state index in [-0.39, 0.29) is 11.0 Å². The van der Waals surface area contributed by atoms with Crippen molar-refractivity contribution in [2.24, 2.45) is 0 Å². The van der Waals surface area contributed by atoms with Crippen LogP contribution in [0.1, 0.15) is 16.4 Å². The molecule has 0 heterocycles. The highest BCUT2D eigenvalue weighted by molar-refractivity contribution is 8.00. The van der Waals surface area contributed by atoms with Crippen molar-refractivity contribution < 1.29 is 19.1 Å². The molecule has 0 fully saturated rings. The van der Waals surface area contributed by atoms with E-state index in [0.717, 1.165) is 11.1 Å². The highest BCUT2D eigenvalue weighted by atomic mass is 35.5. The smallest absolute Gasteiger partial charge is 0.321 e. The van der Waals surface area contributed by atoms with E-state index in [9.17, 15) is 14.4 Å². The van der Waals surface area contributed by atoms with Crippen molar-refractivity contribution in [3.8, 4) is 0 Å². The lowest BCUT2D eigenvalue weighted by Gasteiger charge is -2.17. The zero-order valence-electron chi connectivity index (χ0n) is 14.6. The van der Waals surface area contributed by atoms with Crippen LogP contribution in [0.4, 0.5) is 4.79 Å². The van der Waals surface area contributed by atoms with Gasteiger partial charge in [0.25, 0.3) is 5.91 Å². The maximum absolute atomic E-state index is 12.0. The first kappa shape index (κ1) is 20.8. The Morgan fingerprint density at radius 1 is 1.04 bits per heavy atom. The summed E-state index contributed by atoms with van der Waals surface area (Å²) >= 11 is 7.34. The van der Waals surface area contributed by atoms with E-state index in [1.54, 1.807) is 12.1 Å². The highest BCUT2D eigenvalue weighted by Crippen LogP contribution is 2.36. The average molecular weight is 407 g/mol. The van der Waals surface area contributed by atoms with Gasteiger partial charge in [-0.05, 0) is 23.3 Å². The van der Waals surface area contributed by atoms with Crippen molar-refractivity contribution in [1.82, 2.24) is 10.6 Å². The Morgan fingerprint density at radius 3 is 2.30 bits per heavy atom. The van der Waals surface area contributed by atoms with Gasteiger partial charge < -0.3 is 10.1 Å². The van der Waals surface area contributed by atoms with Crippen molar-refractivity contribution in [1.29, 1.82) is 0 Å². The Morgan fingerprint density at radius 2 is 1.67 bits per heavy atom. The summed E-state index contributed by atoms with van der Waals surface area (Å²) in [7, 11) is 1.38. The first-order chi connectivity index (χ1) is 13.0. The number of esters is 1. The van der Waals surface area contributed by atoms with Crippen LogP contribution in [0, 0.1) is 0 Å². The van der Waals surface area contributed by atoms with Gasteiger partial charge in [0.05, 0.1) is 11.0 Å². The van der Waals surface area contributed by atoms with E-state index in [1.807, 2.05) is 47.8 Å². The molecule has 0 aromatic heterocycles. The van der Waals surface area contributed by atoms with Gasteiger partial charge in [-0.2, -0.15) is 0 Å². The predicted octanol–water partition coefficient (Wildman–Crippen LogP) is 3.16. The van der Waals surface area contributed by atoms with Crippen LogP contribution < -0.4 is 10.6 Å². The minimum Gasteiger partial charge on any atom is -0.455 e. The Labute approximate surface area is 166 Å². The lowest BCUT2D eigenvalue weighted by Crippen LogP contribution is -2.39. The van der Waals surface area contributed by atoms with E-state index in [4.69, 9.17) is 16.3 Å². The number of amides is 3. The molecule has 0 bridgehead atoms. The Hall–Kier alpha value is -2.51. The Balaban J connectivity index is 1.96. The first-order valence-electron chi connectivity index (χ1n) is 8.09. The zero-order valence-corrected chi connectivity index (χ0v) is 16.2. The SMILES string of the molecule is CNC(=O)NC(=O)COC(=O)CS[C@@H](c1ccccc1)c1ccc(Cl)cc1. The summed E-state index contributed by atoms with van der Waals surface area (Å²) in [5, 5.41) is 4.81. The van der Waals surface area contributed by atoms with Gasteiger partial charge in [0, 0.05) is 12.1 Å². The maximum atomic E-state index is 12.0. The second kappa shape index (κ2) is 10.6. The van der Waals surface area contributed by atoms with Gasteiger partial charge in [-0.15, -0.1) is 11.8 Å². The van der Waals surface area contributed by atoms with Crippen molar-refractivity contribution >= 4 is 41.3 Å². The number of hydrogen-bond acceptors (Lipinski definition) is 5. The number of imide groups is 1. The van der Waals surface area contributed by atoms with Crippen molar-refractivity contribution in [3.05, 3.63) is 70.7 Å². The number of benzene rings is 2. The second-order valence-electron chi connectivity index (χ2n) is 5.44. The fourth-order valence-corrected chi connectivity index (χ4v) is 3.43. The van der Waals surface area contributed by atoms with Crippen LogP contribution in [-0.4, -0.2) is 37.3 Å². The average Bonchev–Trinajstić information content (AvgIpc) is 2.68. The monoisotopic (exact) mass is 406 g/mol. The van der Waals surface area contributed by atoms with Crippen LogP contribution in [0.3, 0.4) is 0 Å². The number of carbonyl (C=O) groups is 3. The topological polar surface area (TPSA) is 84.5 Å². The summed E-state index contributed by atoms with van der Waals surface area (Å²) in [5.41, 5.74) is 2.04. The summed E-state index contributed by atoms with van der Waals surface area (Å²) in [5.74, 6) is -1.18. The second-order valence-corrected chi connectivity index (χ2v) is 6.97. The summed E-state index contributed by atoms with van der Waals surface area (Å²) in [6.07, 6.45) is 0. The van der Waals surface area contributed by atoms with Crippen LogP contribution in [0.5, 0.6) is 0 Å². The number of ether oxygens (including phenoxy) is 1. The molecule has 27 heavy (non-hydrogen) atoms.